The van der Waals surface area contributed by atoms with Crippen LogP contribution in [0.15, 0.2) is 18.4 Å². The van der Waals surface area contributed by atoms with Crippen molar-refractivity contribution in [3.63, 3.8) is 0 Å². The Bertz CT molecular complexity index is 198. The first-order valence-electron chi connectivity index (χ1n) is 4.09. The number of aliphatic carboxylic acids is 1. The lowest BCUT2D eigenvalue weighted by molar-refractivity contribution is -0.142. The molecule has 0 bridgehead atoms. The smallest absolute Gasteiger partial charge is 0.311 e. The maximum absolute atomic E-state index is 10.7. The molecule has 68 valence electrons. The van der Waals surface area contributed by atoms with Gasteiger partial charge in [0.25, 0.3) is 0 Å². The van der Waals surface area contributed by atoms with Crippen LogP contribution in [0, 0.1) is 17.8 Å². The highest BCUT2D eigenvalue weighted by Crippen LogP contribution is 2.21. The summed E-state index contributed by atoms with van der Waals surface area (Å²) in [6.07, 6.45) is 1.52. The average Bonchev–Trinajstić information content (AvgIpc) is 1.98. The van der Waals surface area contributed by atoms with Gasteiger partial charge in [-0.1, -0.05) is 27.4 Å². The van der Waals surface area contributed by atoms with Gasteiger partial charge in [0.05, 0.1) is 5.92 Å². The van der Waals surface area contributed by atoms with Crippen molar-refractivity contribution >= 4 is 5.97 Å². The van der Waals surface area contributed by atoms with Gasteiger partial charge in [0.15, 0.2) is 0 Å². The Labute approximate surface area is 73.6 Å². The number of hydrogen-bond acceptors (Lipinski definition) is 1. The highest BCUT2D eigenvalue weighted by molar-refractivity contribution is 5.72. The summed E-state index contributed by atoms with van der Waals surface area (Å²) in [5.74, 6) is -0.776. The Kier molecular flexibility index (Phi) is 4.38. The highest BCUT2D eigenvalue weighted by Gasteiger charge is 2.23. The van der Waals surface area contributed by atoms with Crippen LogP contribution in [0.25, 0.3) is 0 Å². The molecular weight excluding hydrogens is 152 g/mol. The van der Waals surface area contributed by atoms with Gasteiger partial charge in [-0.15, -0.1) is 5.73 Å². The first kappa shape index (κ1) is 11.0. The molecule has 0 spiro atoms. The molecule has 0 rings (SSSR count). The van der Waals surface area contributed by atoms with E-state index < -0.39 is 11.9 Å². The Morgan fingerprint density at radius 2 is 2.00 bits per heavy atom. The van der Waals surface area contributed by atoms with Gasteiger partial charge in [0, 0.05) is 0 Å². The Balaban J connectivity index is 4.50. The van der Waals surface area contributed by atoms with Gasteiger partial charge < -0.3 is 5.11 Å². The topological polar surface area (TPSA) is 37.3 Å². The third-order valence-electron chi connectivity index (χ3n) is 2.20. The van der Waals surface area contributed by atoms with Crippen molar-refractivity contribution < 1.29 is 9.90 Å². The minimum atomic E-state index is -0.799. The van der Waals surface area contributed by atoms with E-state index in [9.17, 15) is 4.79 Å². The fourth-order valence-electron chi connectivity index (χ4n) is 0.990. The van der Waals surface area contributed by atoms with E-state index in [2.05, 4.69) is 12.3 Å². The number of carboxylic acids is 1. The van der Waals surface area contributed by atoms with E-state index in [1.165, 1.54) is 6.08 Å². The lowest BCUT2D eigenvalue weighted by atomic mass is 9.85. The summed E-state index contributed by atoms with van der Waals surface area (Å²) in [4.78, 5) is 10.7. The number of hydrogen-bond donors (Lipinski definition) is 1. The summed E-state index contributed by atoms with van der Waals surface area (Å²) < 4.78 is 0. The fraction of sp³-hybridized carbons (Fsp3) is 0.600. The van der Waals surface area contributed by atoms with Gasteiger partial charge in [-0.3, -0.25) is 4.79 Å². The van der Waals surface area contributed by atoms with Crippen LogP contribution in [0.1, 0.15) is 20.8 Å². The largest absolute Gasteiger partial charge is 0.481 e. The Hall–Kier alpha value is -1.01. The van der Waals surface area contributed by atoms with E-state index in [4.69, 9.17) is 5.11 Å². The van der Waals surface area contributed by atoms with Crippen molar-refractivity contribution in [1.82, 2.24) is 0 Å². The van der Waals surface area contributed by atoms with E-state index >= 15 is 0 Å². The zero-order valence-corrected chi connectivity index (χ0v) is 7.87. The molecule has 0 aliphatic heterocycles. The molecule has 0 aromatic heterocycles. The zero-order valence-electron chi connectivity index (χ0n) is 7.87. The summed E-state index contributed by atoms with van der Waals surface area (Å²) in [6, 6.07) is 0. The normalized spacial score (nSPS) is 15.0. The molecule has 0 heterocycles. The molecule has 2 heteroatoms. The Morgan fingerprint density at radius 1 is 1.50 bits per heavy atom. The zero-order chi connectivity index (χ0) is 9.72. The standard InChI is InChI=1S/C10H16O2/c1-5-6-9(10(11)12)8(4)7(2)3/h6-9H,1H2,2-4H3,(H,11,12). The second kappa shape index (κ2) is 4.78. The molecule has 1 N–H and O–H groups in total. The van der Waals surface area contributed by atoms with Crippen molar-refractivity contribution in [3.05, 3.63) is 18.4 Å². The molecule has 2 atom stereocenters. The van der Waals surface area contributed by atoms with Crippen LogP contribution in [-0.4, -0.2) is 11.1 Å². The van der Waals surface area contributed by atoms with Crippen molar-refractivity contribution in [2.24, 2.45) is 17.8 Å². The van der Waals surface area contributed by atoms with Crippen molar-refractivity contribution in [2.45, 2.75) is 20.8 Å². The summed E-state index contributed by atoms with van der Waals surface area (Å²) in [7, 11) is 0. The predicted molar refractivity (Wildman–Crippen MR) is 48.8 cm³/mol. The molecule has 12 heavy (non-hydrogen) atoms. The van der Waals surface area contributed by atoms with Gasteiger partial charge in [0.1, 0.15) is 0 Å². The van der Waals surface area contributed by atoms with Gasteiger partial charge in [-0.05, 0) is 17.9 Å². The molecule has 0 aliphatic carbocycles. The van der Waals surface area contributed by atoms with E-state index in [-0.39, 0.29) is 5.92 Å². The van der Waals surface area contributed by atoms with Gasteiger partial charge in [0.2, 0.25) is 0 Å². The number of carbonyl (C=O) groups is 1. The molecule has 0 radical (unpaired) electrons. The molecule has 0 fully saturated rings. The van der Waals surface area contributed by atoms with Crippen LogP contribution in [0.4, 0.5) is 0 Å². The number of carboxylic acid groups (broad SMARTS) is 1. The lowest BCUT2D eigenvalue weighted by Crippen LogP contribution is -2.23. The van der Waals surface area contributed by atoms with Crippen LogP contribution >= 0.6 is 0 Å². The molecule has 2 nitrogen and oxygen atoms in total. The first-order chi connectivity index (χ1) is 5.50. The molecule has 0 aromatic carbocycles. The molecule has 0 saturated carbocycles. The van der Waals surface area contributed by atoms with Crippen LogP contribution in [0.2, 0.25) is 0 Å². The minimum absolute atomic E-state index is 0.122. The van der Waals surface area contributed by atoms with Gasteiger partial charge >= 0.3 is 5.97 Å². The maximum Gasteiger partial charge on any atom is 0.311 e. The third-order valence-corrected chi connectivity index (χ3v) is 2.20. The summed E-state index contributed by atoms with van der Waals surface area (Å²) >= 11 is 0. The summed E-state index contributed by atoms with van der Waals surface area (Å²) in [5, 5.41) is 8.82. The molecule has 0 amide bonds. The van der Waals surface area contributed by atoms with E-state index in [0.717, 1.165) is 0 Å². The maximum atomic E-state index is 10.7. The first-order valence-corrected chi connectivity index (χ1v) is 4.09. The highest BCUT2D eigenvalue weighted by atomic mass is 16.4. The SMILES string of the molecule is C=C=CC(C(=O)O)C(C)C(C)C. The van der Waals surface area contributed by atoms with Crippen LogP contribution in [0.5, 0.6) is 0 Å². The van der Waals surface area contributed by atoms with Crippen molar-refractivity contribution in [2.75, 3.05) is 0 Å². The summed E-state index contributed by atoms with van der Waals surface area (Å²) in [6.45, 7) is 9.33. The lowest BCUT2D eigenvalue weighted by Gasteiger charge is -2.19. The van der Waals surface area contributed by atoms with Crippen LogP contribution in [-0.2, 0) is 4.79 Å². The molecule has 0 aliphatic rings. The fourth-order valence-corrected chi connectivity index (χ4v) is 0.990. The molecule has 2 unspecified atom stereocenters. The minimum Gasteiger partial charge on any atom is -0.481 e. The average molecular weight is 168 g/mol. The molecule has 0 saturated heterocycles. The van der Waals surface area contributed by atoms with Crippen LogP contribution < -0.4 is 0 Å². The number of rotatable bonds is 4. The second-order valence-electron chi connectivity index (χ2n) is 3.34. The predicted octanol–water partition coefficient (Wildman–Crippen LogP) is 2.32. The Morgan fingerprint density at radius 3 is 2.25 bits per heavy atom. The monoisotopic (exact) mass is 168 g/mol. The van der Waals surface area contributed by atoms with Crippen molar-refractivity contribution in [3.8, 4) is 0 Å². The van der Waals surface area contributed by atoms with E-state index in [0.29, 0.717) is 5.92 Å². The van der Waals surface area contributed by atoms with Gasteiger partial charge in [-0.25, -0.2) is 0 Å². The molecule has 0 aromatic rings. The van der Waals surface area contributed by atoms with Crippen LogP contribution in [0.3, 0.4) is 0 Å². The quantitative estimate of drug-likeness (QED) is 0.654. The summed E-state index contributed by atoms with van der Waals surface area (Å²) in [5.41, 5.74) is 2.53. The van der Waals surface area contributed by atoms with Crippen molar-refractivity contribution in [1.29, 1.82) is 0 Å². The third kappa shape index (κ3) is 2.93. The van der Waals surface area contributed by atoms with Gasteiger partial charge in [-0.2, -0.15) is 0 Å². The molecular formula is C10H16O2. The van der Waals surface area contributed by atoms with E-state index in [1.807, 2.05) is 20.8 Å². The van der Waals surface area contributed by atoms with E-state index in [1.54, 1.807) is 0 Å². The second-order valence-corrected chi connectivity index (χ2v) is 3.34.